The topological polar surface area (TPSA) is 23.8 Å². The minimum atomic E-state index is 0. The quantitative estimate of drug-likeness (QED) is 0.167. The summed E-state index contributed by atoms with van der Waals surface area (Å²) in [4.78, 5) is 9.03. The van der Waals surface area contributed by atoms with Crippen LogP contribution in [0.3, 0.4) is 0 Å². The Labute approximate surface area is 290 Å². The molecule has 4 heterocycles. The van der Waals surface area contributed by atoms with Crippen molar-refractivity contribution in [2.24, 2.45) is 0 Å². The summed E-state index contributed by atoms with van der Waals surface area (Å²) in [6, 6.07) is 44.0. The molecule has 0 saturated heterocycles. The number of hydrogen-bond donors (Lipinski definition) is 0. The van der Waals surface area contributed by atoms with Crippen LogP contribution in [0, 0.1) is 39.6 Å². The number of aromatic nitrogens is 2. The number of fused-ring (bicyclic) bond motifs is 7. The molecule has 0 saturated carbocycles. The largest absolute Gasteiger partial charge is 3.00 e. The molecule has 0 N–H and O–H groups in total. The van der Waals surface area contributed by atoms with Crippen molar-refractivity contribution < 1.29 is 20.1 Å². The Bertz CT molecular complexity index is 2290. The van der Waals surface area contributed by atoms with Crippen molar-refractivity contribution in [3.8, 4) is 11.3 Å². The van der Waals surface area contributed by atoms with E-state index >= 15 is 0 Å². The summed E-state index contributed by atoms with van der Waals surface area (Å²) in [5.74, 6) is 0. The zero-order valence-electron chi connectivity index (χ0n) is 27.2. The van der Waals surface area contributed by atoms with Gasteiger partial charge in [-0.1, -0.05) is 83.5 Å². The maximum absolute atomic E-state index is 4.41. The van der Waals surface area contributed by atoms with Crippen LogP contribution in [0.25, 0.3) is 49.4 Å². The second-order valence-electron chi connectivity index (χ2n) is 12.6. The van der Waals surface area contributed by atoms with Crippen LogP contribution in [0.2, 0.25) is 0 Å². The van der Waals surface area contributed by atoms with E-state index in [1.54, 1.807) is 0 Å². The summed E-state index contributed by atoms with van der Waals surface area (Å²) in [6.07, 6.45) is 1.92. The molecule has 5 heteroatoms. The minimum absolute atomic E-state index is 0. The second kappa shape index (κ2) is 12.1. The predicted molar refractivity (Wildman–Crippen MR) is 193 cm³/mol. The van der Waals surface area contributed by atoms with Gasteiger partial charge in [-0.25, -0.2) is 0 Å². The van der Waals surface area contributed by atoms with Crippen molar-refractivity contribution in [3.63, 3.8) is 0 Å². The molecule has 0 radical (unpaired) electrons. The number of benzene rings is 5. The first-order valence-electron chi connectivity index (χ1n) is 15.9. The smallest absolute Gasteiger partial charge is 0.499 e. The molecule has 47 heavy (non-hydrogen) atoms. The van der Waals surface area contributed by atoms with Gasteiger partial charge in [-0.2, -0.15) is 6.67 Å². The molecule has 0 amide bonds. The molecular formula is C42H35IrN4. The second-order valence-corrected chi connectivity index (χ2v) is 12.6. The van der Waals surface area contributed by atoms with Gasteiger partial charge < -0.3 is 19.2 Å². The number of nitrogens with zero attached hydrogens (tertiary/aromatic N) is 4. The fourth-order valence-electron chi connectivity index (χ4n) is 6.64. The molecule has 1 aliphatic heterocycles. The van der Waals surface area contributed by atoms with Gasteiger partial charge in [-0.3, -0.25) is 0 Å². The zero-order chi connectivity index (χ0) is 31.5. The number of pyridine rings is 1. The Morgan fingerprint density at radius 1 is 0.723 bits per heavy atom. The fraction of sp³-hybridized carbons (Fsp3) is 0.143. The monoisotopic (exact) mass is 788 g/mol. The molecule has 0 spiro atoms. The number of para-hydroxylation sites is 4. The van der Waals surface area contributed by atoms with Crippen molar-refractivity contribution >= 4 is 55.2 Å². The Hall–Kier alpha value is -4.70. The summed E-state index contributed by atoms with van der Waals surface area (Å²) in [6.45, 7) is 12.9. The van der Waals surface area contributed by atoms with Crippen molar-refractivity contribution in [3.05, 3.63) is 145 Å². The van der Waals surface area contributed by atoms with E-state index in [1.165, 1.54) is 66.2 Å². The van der Waals surface area contributed by atoms with Crippen molar-refractivity contribution in [1.29, 1.82) is 0 Å². The van der Waals surface area contributed by atoms with E-state index in [4.69, 9.17) is 0 Å². The third kappa shape index (κ3) is 5.15. The minimum Gasteiger partial charge on any atom is -0.499 e. The van der Waals surface area contributed by atoms with E-state index in [-0.39, 0.29) is 20.1 Å². The van der Waals surface area contributed by atoms with Crippen molar-refractivity contribution in [1.82, 2.24) is 9.38 Å². The Kier molecular flexibility index (Phi) is 7.99. The molecule has 0 atom stereocenters. The third-order valence-electron chi connectivity index (χ3n) is 9.19. The Balaban J connectivity index is 0.000000186. The molecular weight excluding hydrogens is 753 g/mol. The van der Waals surface area contributed by atoms with Crippen molar-refractivity contribution in [2.45, 2.75) is 40.7 Å². The molecule has 1 aliphatic rings. The average Bonchev–Trinajstić information content (AvgIpc) is 3.74. The van der Waals surface area contributed by atoms with Gasteiger partial charge in [0, 0.05) is 28.6 Å². The maximum atomic E-state index is 4.41. The SMILES string of the molecule is CC(C)N1[CH-]N(c2[c-]c3c4ccccc4n4c5ccccc5c(c2)c34)c2ccccc21.Cc1c[c-]c(-c2cc(C)c(C)cn2)cc1.[Ir+3]. The molecule has 232 valence electrons. The molecule has 9 rings (SSSR count). The van der Waals surface area contributed by atoms with Crippen LogP contribution in [-0.2, 0) is 20.1 Å². The van der Waals surface area contributed by atoms with E-state index in [2.05, 4.69) is 170 Å². The molecule has 5 aromatic carbocycles. The number of hydrogen-bond acceptors (Lipinski definition) is 3. The summed E-state index contributed by atoms with van der Waals surface area (Å²) in [5, 5.41) is 5.01. The van der Waals surface area contributed by atoms with Crippen molar-refractivity contribution in [2.75, 3.05) is 9.80 Å². The van der Waals surface area contributed by atoms with Gasteiger partial charge in [0.2, 0.25) is 0 Å². The predicted octanol–water partition coefficient (Wildman–Crippen LogP) is 10.6. The van der Waals surface area contributed by atoms with Gasteiger partial charge in [0.1, 0.15) is 0 Å². The maximum Gasteiger partial charge on any atom is 3.00 e. The van der Waals surface area contributed by atoms with E-state index in [9.17, 15) is 0 Å². The third-order valence-corrected chi connectivity index (χ3v) is 9.19. The van der Waals surface area contributed by atoms with Crippen LogP contribution >= 0.6 is 0 Å². The van der Waals surface area contributed by atoms with Gasteiger partial charge in [-0.15, -0.1) is 52.9 Å². The molecule has 8 aromatic rings. The molecule has 4 nitrogen and oxygen atoms in total. The summed E-state index contributed by atoms with van der Waals surface area (Å²) < 4.78 is 2.40. The van der Waals surface area contributed by atoms with Crippen LogP contribution in [0.5, 0.6) is 0 Å². The fourth-order valence-corrected chi connectivity index (χ4v) is 6.64. The molecule has 3 aromatic heterocycles. The van der Waals surface area contributed by atoms with Crippen LogP contribution in [0.4, 0.5) is 17.1 Å². The van der Waals surface area contributed by atoms with Crippen LogP contribution < -0.4 is 9.80 Å². The van der Waals surface area contributed by atoms with E-state index in [1.807, 2.05) is 12.3 Å². The first-order chi connectivity index (χ1) is 22.4. The first kappa shape index (κ1) is 30.9. The molecule has 0 fully saturated rings. The van der Waals surface area contributed by atoms with Gasteiger partial charge in [0.25, 0.3) is 0 Å². The van der Waals surface area contributed by atoms with Crippen LogP contribution in [0.15, 0.2) is 109 Å². The summed E-state index contributed by atoms with van der Waals surface area (Å²) in [5.41, 5.74) is 13.1. The number of anilines is 3. The van der Waals surface area contributed by atoms with Crippen LogP contribution in [0.1, 0.15) is 30.5 Å². The standard InChI is InChI=1S/C28H21N3.C14H14N.Ir/c1-18(2)29-17-30(27-14-8-7-13-26(27)29)19-15-22-20-9-3-5-11-24(20)31-25-12-6-4-10-21(25)23(16-19)28(22)31;1-10-4-6-13(7-5-10)14-8-11(2)12(3)9-15-14;/h3-15,17-18H,1-2H3;4-6,8-9H,1-3H3;/q-2;-1;+3. The van der Waals surface area contributed by atoms with E-state index in [0.717, 1.165) is 16.9 Å². The number of rotatable bonds is 3. The zero-order valence-corrected chi connectivity index (χ0v) is 29.6. The molecule has 0 aliphatic carbocycles. The van der Waals surface area contributed by atoms with Gasteiger partial charge in [0.15, 0.2) is 0 Å². The average molecular weight is 788 g/mol. The molecule has 0 unspecified atom stereocenters. The van der Waals surface area contributed by atoms with Gasteiger partial charge in [-0.05, 0) is 80.2 Å². The van der Waals surface area contributed by atoms with Gasteiger partial charge >= 0.3 is 20.1 Å². The van der Waals surface area contributed by atoms with E-state index < -0.39 is 0 Å². The Morgan fingerprint density at radius 2 is 1.40 bits per heavy atom. The summed E-state index contributed by atoms with van der Waals surface area (Å²) >= 11 is 0. The normalized spacial score (nSPS) is 12.6. The van der Waals surface area contributed by atoms with Crippen LogP contribution in [-0.4, -0.2) is 15.4 Å². The molecule has 0 bridgehead atoms. The Morgan fingerprint density at radius 3 is 2.11 bits per heavy atom. The first-order valence-corrected chi connectivity index (χ1v) is 15.9. The van der Waals surface area contributed by atoms with E-state index in [0.29, 0.717) is 6.04 Å². The summed E-state index contributed by atoms with van der Waals surface area (Å²) in [7, 11) is 0. The van der Waals surface area contributed by atoms with Gasteiger partial charge in [0.05, 0.1) is 0 Å². The number of aryl methyl sites for hydroxylation is 3.